The van der Waals surface area contributed by atoms with Crippen LogP contribution in [-0.2, 0) is 6.42 Å². The number of rotatable bonds is 3. The second-order valence-electron chi connectivity index (χ2n) is 10.2. The quantitative estimate of drug-likeness (QED) is 0.390. The molecule has 0 radical (unpaired) electrons. The molecule has 0 aromatic heterocycles. The number of allylic oxidation sites excluding steroid dienone is 19. The lowest BCUT2D eigenvalue weighted by Gasteiger charge is -2.20. The molecule has 0 saturated heterocycles. The molecular formula is C39H36. The van der Waals surface area contributed by atoms with Crippen molar-refractivity contribution in [2.24, 2.45) is 0 Å². The summed E-state index contributed by atoms with van der Waals surface area (Å²) in [4.78, 5) is 0. The van der Waals surface area contributed by atoms with Crippen LogP contribution in [0.25, 0.3) is 23.3 Å². The molecule has 0 bridgehead atoms. The molecule has 0 unspecified atom stereocenters. The van der Waals surface area contributed by atoms with Gasteiger partial charge in [-0.25, -0.2) is 0 Å². The molecule has 0 spiro atoms. The summed E-state index contributed by atoms with van der Waals surface area (Å²) in [7, 11) is 0. The van der Waals surface area contributed by atoms with E-state index in [1.54, 1.807) is 0 Å². The average Bonchev–Trinajstić information content (AvgIpc) is 3.42. The van der Waals surface area contributed by atoms with Crippen molar-refractivity contribution in [2.45, 2.75) is 33.1 Å². The fraction of sp³-hybridized carbons (Fsp3) is 0.128. The smallest absolute Gasteiger partial charge is 0.00326 e. The molecule has 0 heteroatoms. The normalized spacial score (nSPS) is 26.6. The Labute approximate surface area is 234 Å². The van der Waals surface area contributed by atoms with Gasteiger partial charge in [0.2, 0.25) is 0 Å². The van der Waals surface area contributed by atoms with Crippen LogP contribution in [0.1, 0.15) is 54.5 Å². The van der Waals surface area contributed by atoms with Crippen molar-refractivity contribution >= 4 is 23.3 Å². The molecule has 5 rings (SSSR count). The monoisotopic (exact) mass is 504 g/mol. The predicted octanol–water partition coefficient (Wildman–Crippen LogP) is 10.6. The maximum Gasteiger partial charge on any atom is -0.00326 e. The van der Waals surface area contributed by atoms with Crippen LogP contribution in [0.15, 0.2) is 150 Å². The van der Waals surface area contributed by atoms with E-state index < -0.39 is 0 Å². The number of hydrogen-bond donors (Lipinski definition) is 0. The zero-order chi connectivity index (χ0) is 27.0. The summed E-state index contributed by atoms with van der Waals surface area (Å²) in [5.41, 5.74) is 13.4. The highest BCUT2D eigenvalue weighted by Gasteiger charge is 2.19. The van der Waals surface area contributed by atoms with Gasteiger partial charge in [0.15, 0.2) is 0 Å². The van der Waals surface area contributed by atoms with Crippen LogP contribution in [0.3, 0.4) is 0 Å². The molecule has 0 amide bonds. The van der Waals surface area contributed by atoms with Crippen LogP contribution < -0.4 is 0 Å². The topological polar surface area (TPSA) is 0 Å². The highest BCUT2D eigenvalue weighted by Crippen LogP contribution is 2.39. The number of benzene rings is 2. The first kappa shape index (κ1) is 26.2. The van der Waals surface area contributed by atoms with E-state index in [4.69, 9.17) is 0 Å². The molecule has 0 fully saturated rings. The minimum Gasteiger partial charge on any atom is -0.0911 e. The Bertz CT molecular complexity index is 1580. The molecule has 0 N–H and O–H groups in total. The standard InChI is InChI=1S/C39H36/c1-4-15-32-19-10-13-23-36(32)39-30(3)18-9-12-22-35(34-27-26-31-20-14-21-33(31)28-34)37-24-11-8-17-29(2)16-6-5-7-25-38(37)39/h4-7,9-16,18-19,21-28H,3,8,17,20H2,1-2H3/b6-5+,15-4-,18-9-,22-12-,24-11-,25-7+,29-16-,37-35+,39-38+. The van der Waals surface area contributed by atoms with Gasteiger partial charge in [0.25, 0.3) is 0 Å². The minimum absolute atomic E-state index is 0.990. The lowest BCUT2D eigenvalue weighted by molar-refractivity contribution is 0.977. The van der Waals surface area contributed by atoms with E-state index in [2.05, 4.69) is 154 Å². The average molecular weight is 505 g/mol. The Kier molecular flexibility index (Phi) is 8.34. The summed E-state index contributed by atoms with van der Waals surface area (Å²) in [6, 6.07) is 15.5. The van der Waals surface area contributed by atoms with Crippen molar-refractivity contribution in [1.82, 2.24) is 0 Å². The third-order valence-corrected chi connectivity index (χ3v) is 7.37. The second-order valence-corrected chi connectivity index (χ2v) is 10.2. The Morgan fingerprint density at radius 2 is 1.59 bits per heavy atom. The maximum atomic E-state index is 4.57. The Hall–Kier alpha value is -4.42. The highest BCUT2D eigenvalue weighted by molar-refractivity contribution is 5.96. The lowest BCUT2D eigenvalue weighted by atomic mass is 9.84. The molecule has 3 aliphatic rings. The first-order valence-corrected chi connectivity index (χ1v) is 13.9. The summed E-state index contributed by atoms with van der Waals surface area (Å²) in [5.74, 6) is 0. The third-order valence-electron chi connectivity index (χ3n) is 7.37. The summed E-state index contributed by atoms with van der Waals surface area (Å²) >= 11 is 0. The zero-order valence-corrected chi connectivity index (χ0v) is 23.0. The Morgan fingerprint density at radius 3 is 2.49 bits per heavy atom. The van der Waals surface area contributed by atoms with Crippen molar-refractivity contribution in [3.8, 4) is 0 Å². The summed E-state index contributed by atoms with van der Waals surface area (Å²) in [6.45, 7) is 8.85. The van der Waals surface area contributed by atoms with Gasteiger partial charge in [-0.15, -0.1) is 0 Å². The molecule has 2 aromatic rings. The van der Waals surface area contributed by atoms with Crippen molar-refractivity contribution < 1.29 is 0 Å². The molecule has 0 aliphatic heterocycles. The number of hydrogen-bond acceptors (Lipinski definition) is 0. The minimum atomic E-state index is 0.990. The van der Waals surface area contributed by atoms with E-state index in [-0.39, 0.29) is 0 Å². The fourth-order valence-electron chi connectivity index (χ4n) is 5.37. The van der Waals surface area contributed by atoms with Gasteiger partial charge in [-0.1, -0.05) is 140 Å². The molecule has 0 nitrogen and oxygen atoms in total. The van der Waals surface area contributed by atoms with Crippen molar-refractivity contribution in [1.29, 1.82) is 0 Å². The molecule has 39 heavy (non-hydrogen) atoms. The van der Waals surface area contributed by atoms with E-state index in [1.807, 2.05) is 0 Å². The van der Waals surface area contributed by atoms with Gasteiger partial charge in [0, 0.05) is 0 Å². The highest BCUT2D eigenvalue weighted by atomic mass is 14.2. The SMILES string of the molecule is C=C1/C=C\C=C/C(c2ccc3c(c2)C=CC3)=C2/C=C\CC\C(C)=C/C=C/C=C/C2=C/1c1ccccc1/C=C\C. The predicted molar refractivity (Wildman–Crippen MR) is 172 cm³/mol. The van der Waals surface area contributed by atoms with Gasteiger partial charge in [-0.2, -0.15) is 0 Å². The van der Waals surface area contributed by atoms with Crippen LogP contribution in [0.5, 0.6) is 0 Å². The van der Waals surface area contributed by atoms with Crippen molar-refractivity contribution in [3.05, 3.63) is 178 Å². The van der Waals surface area contributed by atoms with Crippen LogP contribution in [0.4, 0.5) is 0 Å². The summed E-state index contributed by atoms with van der Waals surface area (Å²) < 4.78 is 0. The van der Waals surface area contributed by atoms with Crippen LogP contribution in [-0.4, -0.2) is 0 Å². The summed E-state index contributed by atoms with van der Waals surface area (Å²) in [6.07, 6.45) is 36.1. The van der Waals surface area contributed by atoms with Gasteiger partial charge < -0.3 is 0 Å². The van der Waals surface area contributed by atoms with E-state index in [1.165, 1.54) is 50.1 Å². The number of fused-ring (bicyclic) bond motifs is 2. The zero-order valence-electron chi connectivity index (χ0n) is 23.0. The van der Waals surface area contributed by atoms with Gasteiger partial charge in [0.05, 0.1) is 0 Å². The third kappa shape index (κ3) is 6.02. The molecular weight excluding hydrogens is 468 g/mol. The molecule has 192 valence electrons. The van der Waals surface area contributed by atoms with Gasteiger partial charge in [-0.05, 0) is 94.9 Å². The fourth-order valence-corrected chi connectivity index (χ4v) is 5.37. The molecule has 0 heterocycles. The van der Waals surface area contributed by atoms with Crippen molar-refractivity contribution in [3.63, 3.8) is 0 Å². The Balaban J connectivity index is 1.87. The van der Waals surface area contributed by atoms with Gasteiger partial charge >= 0.3 is 0 Å². The second kappa shape index (κ2) is 12.4. The van der Waals surface area contributed by atoms with Crippen LogP contribution in [0, 0.1) is 0 Å². The van der Waals surface area contributed by atoms with Crippen LogP contribution in [0.2, 0.25) is 0 Å². The maximum absolute atomic E-state index is 4.57. The van der Waals surface area contributed by atoms with E-state index in [0.717, 1.165) is 30.4 Å². The van der Waals surface area contributed by atoms with Gasteiger partial charge in [0.1, 0.15) is 0 Å². The molecule has 2 aromatic carbocycles. The first-order valence-electron chi connectivity index (χ1n) is 13.9. The first-order chi connectivity index (χ1) is 19.2. The van der Waals surface area contributed by atoms with E-state index in [0.29, 0.717) is 0 Å². The molecule has 3 aliphatic carbocycles. The Morgan fingerprint density at radius 1 is 0.769 bits per heavy atom. The lowest BCUT2D eigenvalue weighted by Crippen LogP contribution is -2.00. The van der Waals surface area contributed by atoms with Gasteiger partial charge in [-0.3, -0.25) is 0 Å². The molecule has 0 saturated carbocycles. The van der Waals surface area contributed by atoms with E-state index in [9.17, 15) is 0 Å². The van der Waals surface area contributed by atoms with Crippen molar-refractivity contribution in [2.75, 3.05) is 0 Å². The van der Waals surface area contributed by atoms with Crippen LogP contribution >= 0.6 is 0 Å². The largest absolute Gasteiger partial charge is 0.0911 e. The molecule has 0 atom stereocenters. The summed E-state index contributed by atoms with van der Waals surface area (Å²) in [5, 5.41) is 0. The van der Waals surface area contributed by atoms with E-state index >= 15 is 0 Å².